The smallest absolute Gasteiger partial charge is 0.407 e. The Morgan fingerprint density at radius 1 is 1.43 bits per heavy atom. The van der Waals surface area contributed by atoms with Gasteiger partial charge in [-0.2, -0.15) is 0 Å². The summed E-state index contributed by atoms with van der Waals surface area (Å²) in [5.41, 5.74) is 5.68. The van der Waals surface area contributed by atoms with Crippen molar-refractivity contribution >= 4 is 11.9 Å². The van der Waals surface area contributed by atoms with Gasteiger partial charge < -0.3 is 31.1 Å². The Morgan fingerprint density at radius 3 is 2.65 bits per heavy atom. The van der Waals surface area contributed by atoms with Crippen molar-refractivity contribution in [3.8, 4) is 0 Å². The van der Waals surface area contributed by atoms with E-state index in [0.717, 1.165) is 0 Å². The van der Waals surface area contributed by atoms with Crippen LogP contribution in [-0.4, -0.2) is 44.6 Å². The monoisotopic (exact) mass is 327 g/mol. The van der Waals surface area contributed by atoms with Crippen LogP contribution >= 0.6 is 0 Å². The second-order valence-corrected chi connectivity index (χ2v) is 6.20. The highest BCUT2D eigenvalue weighted by molar-refractivity contribution is 5.67. The maximum absolute atomic E-state index is 11.5. The molecular formula is C15H25N3O5. The number of alkyl carbamates (subject to hydrolysis) is 1. The van der Waals surface area contributed by atoms with Crippen LogP contribution in [0.5, 0.6) is 0 Å². The Balaban J connectivity index is 2.51. The number of anilines is 1. The molecule has 0 radical (unpaired) electrons. The van der Waals surface area contributed by atoms with Crippen LogP contribution in [0.3, 0.4) is 0 Å². The van der Waals surface area contributed by atoms with Crippen LogP contribution in [0, 0.1) is 0 Å². The molecule has 1 aromatic rings. The summed E-state index contributed by atoms with van der Waals surface area (Å²) < 4.78 is 5.06. The molecule has 0 aliphatic rings. The van der Waals surface area contributed by atoms with Crippen molar-refractivity contribution in [2.24, 2.45) is 0 Å². The molecule has 0 aliphatic carbocycles. The van der Waals surface area contributed by atoms with Crippen molar-refractivity contribution in [3.05, 3.63) is 23.4 Å². The van der Waals surface area contributed by atoms with Crippen molar-refractivity contribution in [2.75, 3.05) is 12.3 Å². The van der Waals surface area contributed by atoms with E-state index in [2.05, 4.69) is 10.3 Å². The minimum absolute atomic E-state index is 0.124. The number of hydrogen-bond donors (Lipinski definition) is 5. The van der Waals surface area contributed by atoms with E-state index in [-0.39, 0.29) is 25.4 Å². The summed E-state index contributed by atoms with van der Waals surface area (Å²) in [7, 11) is 0. The molecule has 6 N–H and O–H groups in total. The molecule has 0 bridgehead atoms. The lowest BCUT2D eigenvalue weighted by Gasteiger charge is -2.21. The van der Waals surface area contributed by atoms with Crippen molar-refractivity contribution < 1.29 is 24.9 Å². The predicted molar refractivity (Wildman–Crippen MR) is 84.4 cm³/mol. The maximum atomic E-state index is 11.5. The molecule has 1 rings (SSSR count). The summed E-state index contributed by atoms with van der Waals surface area (Å²) in [6.07, 6.45) is -1.44. The van der Waals surface area contributed by atoms with E-state index in [1.165, 1.54) is 12.3 Å². The Hall–Kier alpha value is -1.90. The van der Waals surface area contributed by atoms with Crippen molar-refractivity contribution in [1.82, 2.24) is 10.3 Å². The second kappa shape index (κ2) is 8.09. The first-order valence-corrected chi connectivity index (χ1v) is 7.32. The van der Waals surface area contributed by atoms with Crippen LogP contribution in [-0.2, 0) is 11.3 Å². The van der Waals surface area contributed by atoms with Crippen LogP contribution < -0.4 is 11.1 Å². The number of amides is 1. The van der Waals surface area contributed by atoms with Gasteiger partial charge >= 0.3 is 6.09 Å². The van der Waals surface area contributed by atoms with Crippen LogP contribution in [0.15, 0.2) is 12.3 Å². The summed E-state index contributed by atoms with van der Waals surface area (Å²) in [4.78, 5) is 15.3. The number of nitrogens with two attached hydrogens (primary N) is 1. The topological polar surface area (TPSA) is 138 Å². The number of carbonyl (C=O) groups is 1. The average Bonchev–Trinajstić information content (AvgIpc) is 2.45. The van der Waals surface area contributed by atoms with Gasteiger partial charge in [-0.25, -0.2) is 9.78 Å². The first-order valence-electron chi connectivity index (χ1n) is 7.32. The molecule has 0 saturated heterocycles. The predicted octanol–water partition coefficient (Wildman–Crippen LogP) is 0.465. The number of pyridine rings is 1. The highest BCUT2D eigenvalue weighted by Crippen LogP contribution is 2.21. The lowest BCUT2D eigenvalue weighted by atomic mass is 10.0. The molecule has 0 fully saturated rings. The van der Waals surface area contributed by atoms with E-state index in [4.69, 9.17) is 15.6 Å². The molecule has 0 aromatic carbocycles. The third-order valence-corrected chi connectivity index (χ3v) is 3.01. The minimum atomic E-state index is -1.20. The summed E-state index contributed by atoms with van der Waals surface area (Å²) in [5, 5.41) is 31.7. The number of hydrogen-bond acceptors (Lipinski definition) is 7. The Kier molecular flexibility index (Phi) is 6.74. The van der Waals surface area contributed by atoms with E-state index in [1.54, 1.807) is 20.8 Å². The molecule has 130 valence electrons. The van der Waals surface area contributed by atoms with Gasteiger partial charge in [0.05, 0.1) is 12.7 Å². The lowest BCUT2D eigenvalue weighted by Crippen LogP contribution is -2.34. The van der Waals surface area contributed by atoms with Crippen LogP contribution in [0.1, 0.15) is 44.4 Å². The Bertz CT molecular complexity index is 530. The minimum Gasteiger partial charge on any atom is -0.444 e. The quantitative estimate of drug-likeness (QED) is 0.512. The number of carbonyl (C=O) groups excluding carboxylic acids is 1. The molecule has 2 atom stereocenters. The molecule has 1 heterocycles. The van der Waals surface area contributed by atoms with E-state index in [0.29, 0.717) is 11.1 Å². The zero-order valence-electron chi connectivity index (χ0n) is 13.6. The summed E-state index contributed by atoms with van der Waals surface area (Å²) in [5.74, 6) is 0.171. The summed E-state index contributed by atoms with van der Waals surface area (Å²) >= 11 is 0. The van der Waals surface area contributed by atoms with E-state index in [1.807, 2.05) is 0 Å². The summed E-state index contributed by atoms with van der Waals surface area (Å²) in [6, 6.07) is 1.48. The number of nitrogens with zero attached hydrogens (tertiary/aromatic N) is 1. The second-order valence-electron chi connectivity index (χ2n) is 6.20. The van der Waals surface area contributed by atoms with Gasteiger partial charge in [-0.15, -0.1) is 0 Å². The van der Waals surface area contributed by atoms with Crippen LogP contribution in [0.25, 0.3) is 0 Å². The molecule has 2 unspecified atom stereocenters. The molecule has 23 heavy (non-hydrogen) atoms. The van der Waals surface area contributed by atoms with Crippen LogP contribution in [0.2, 0.25) is 0 Å². The normalized spacial score (nSPS) is 14.2. The molecular weight excluding hydrogens is 302 g/mol. The zero-order chi connectivity index (χ0) is 17.6. The molecule has 0 spiro atoms. The SMILES string of the molecule is CC(C)(C)OC(=O)NCCC(O)C(O)c1cnc(N)c(CO)c1. The maximum Gasteiger partial charge on any atom is 0.407 e. The Morgan fingerprint density at radius 2 is 2.09 bits per heavy atom. The number of aromatic nitrogens is 1. The molecule has 0 aliphatic heterocycles. The van der Waals surface area contributed by atoms with Crippen molar-refractivity contribution in [3.63, 3.8) is 0 Å². The van der Waals surface area contributed by atoms with Gasteiger partial charge in [-0.3, -0.25) is 0 Å². The molecule has 0 saturated carbocycles. The fourth-order valence-electron chi connectivity index (χ4n) is 1.84. The zero-order valence-corrected chi connectivity index (χ0v) is 13.6. The third-order valence-electron chi connectivity index (χ3n) is 3.01. The molecule has 8 heteroatoms. The number of rotatable bonds is 6. The van der Waals surface area contributed by atoms with Crippen molar-refractivity contribution in [1.29, 1.82) is 0 Å². The van der Waals surface area contributed by atoms with E-state index < -0.39 is 23.9 Å². The van der Waals surface area contributed by atoms with Gasteiger partial charge in [0.25, 0.3) is 0 Å². The van der Waals surface area contributed by atoms with Gasteiger partial charge in [0.2, 0.25) is 0 Å². The Labute approximate surface area is 135 Å². The first-order chi connectivity index (χ1) is 10.6. The highest BCUT2D eigenvalue weighted by atomic mass is 16.6. The summed E-state index contributed by atoms with van der Waals surface area (Å²) in [6.45, 7) is 5.08. The molecule has 1 amide bonds. The fraction of sp³-hybridized carbons (Fsp3) is 0.600. The highest BCUT2D eigenvalue weighted by Gasteiger charge is 2.21. The lowest BCUT2D eigenvalue weighted by molar-refractivity contribution is 0.0120. The van der Waals surface area contributed by atoms with E-state index >= 15 is 0 Å². The number of aliphatic hydroxyl groups excluding tert-OH is 3. The number of nitrogen functional groups attached to an aromatic ring is 1. The van der Waals surface area contributed by atoms with Crippen molar-refractivity contribution in [2.45, 2.75) is 51.6 Å². The van der Waals surface area contributed by atoms with E-state index in [9.17, 15) is 15.0 Å². The van der Waals surface area contributed by atoms with Gasteiger partial charge in [0, 0.05) is 23.9 Å². The average molecular weight is 327 g/mol. The number of nitrogens with one attached hydrogen (secondary N) is 1. The van der Waals surface area contributed by atoms with Gasteiger partial charge in [0.15, 0.2) is 0 Å². The molecule has 1 aromatic heterocycles. The fourth-order valence-corrected chi connectivity index (χ4v) is 1.84. The molecule has 8 nitrogen and oxygen atoms in total. The van der Waals surface area contributed by atoms with Gasteiger partial charge in [-0.1, -0.05) is 0 Å². The first kappa shape index (κ1) is 19.1. The third kappa shape index (κ3) is 6.39. The number of aliphatic hydroxyl groups is 3. The standard InChI is InChI=1S/C15H25N3O5/c1-15(2,3)23-14(22)17-5-4-11(20)12(21)9-6-10(8-19)13(16)18-7-9/h6-7,11-12,19-21H,4-5,8H2,1-3H3,(H2,16,18)(H,17,22). The van der Waals surface area contributed by atoms with Crippen LogP contribution in [0.4, 0.5) is 10.6 Å². The van der Waals surface area contributed by atoms with Gasteiger partial charge in [0.1, 0.15) is 17.5 Å². The van der Waals surface area contributed by atoms with Gasteiger partial charge in [-0.05, 0) is 33.3 Å². The largest absolute Gasteiger partial charge is 0.444 e. The number of ether oxygens (including phenoxy) is 1.